The van der Waals surface area contributed by atoms with Gasteiger partial charge in [-0.1, -0.05) is 0 Å². The van der Waals surface area contributed by atoms with Gasteiger partial charge in [0.1, 0.15) is 5.75 Å². The minimum absolute atomic E-state index is 0.00902. The third kappa shape index (κ3) is 2.94. The van der Waals surface area contributed by atoms with E-state index in [1.54, 1.807) is 12.1 Å². The van der Waals surface area contributed by atoms with Gasteiger partial charge in [0.2, 0.25) is 0 Å². The van der Waals surface area contributed by atoms with Crippen molar-refractivity contribution in [1.29, 1.82) is 0 Å². The molecule has 1 N–H and O–H groups in total. The van der Waals surface area contributed by atoms with Crippen molar-refractivity contribution < 1.29 is 18.3 Å². The van der Waals surface area contributed by atoms with Gasteiger partial charge in [-0.3, -0.25) is 4.79 Å². The predicted octanol–water partition coefficient (Wildman–Crippen LogP) is 0.867. The van der Waals surface area contributed by atoms with Gasteiger partial charge in [-0.25, -0.2) is 8.42 Å². The molecule has 1 heterocycles. The first kappa shape index (κ1) is 13.6. The molecule has 0 radical (unpaired) electrons. The zero-order chi connectivity index (χ0) is 13.3. The number of carbonyl (C=O) groups is 1. The van der Waals surface area contributed by atoms with Crippen molar-refractivity contribution in [2.24, 2.45) is 0 Å². The Kier molecular flexibility index (Phi) is 3.81. The largest absolute Gasteiger partial charge is 0.507 e. The molecule has 1 fully saturated rings. The van der Waals surface area contributed by atoms with E-state index in [2.05, 4.69) is 0 Å². The molecule has 0 spiro atoms. The lowest BCUT2D eigenvalue weighted by Crippen LogP contribution is -2.43. The summed E-state index contributed by atoms with van der Waals surface area (Å²) in [5.74, 6) is -0.160. The predicted molar refractivity (Wildman–Crippen MR) is 75.4 cm³/mol. The highest BCUT2D eigenvalue weighted by molar-refractivity contribution is 14.1. The lowest BCUT2D eigenvalue weighted by atomic mass is 10.2. The van der Waals surface area contributed by atoms with E-state index in [-0.39, 0.29) is 36.3 Å². The van der Waals surface area contributed by atoms with E-state index in [9.17, 15) is 18.3 Å². The number of halogens is 1. The quantitative estimate of drug-likeness (QED) is 0.733. The van der Waals surface area contributed by atoms with Crippen molar-refractivity contribution in [3.05, 3.63) is 27.3 Å². The van der Waals surface area contributed by atoms with E-state index in [1.165, 1.54) is 11.0 Å². The number of amides is 1. The van der Waals surface area contributed by atoms with Crippen molar-refractivity contribution in [1.82, 2.24) is 4.90 Å². The highest BCUT2D eigenvalue weighted by Crippen LogP contribution is 2.21. The number of hydrogen-bond donors (Lipinski definition) is 1. The molecule has 2 rings (SSSR count). The third-order valence-electron chi connectivity index (χ3n) is 2.82. The maximum Gasteiger partial charge on any atom is 0.254 e. The second kappa shape index (κ2) is 5.04. The molecule has 0 atom stereocenters. The number of aromatic hydroxyl groups is 1. The van der Waals surface area contributed by atoms with Crippen molar-refractivity contribution >= 4 is 38.3 Å². The van der Waals surface area contributed by atoms with Crippen LogP contribution in [0.15, 0.2) is 18.2 Å². The summed E-state index contributed by atoms with van der Waals surface area (Å²) in [5.41, 5.74) is 0.382. The van der Waals surface area contributed by atoms with Crippen LogP contribution < -0.4 is 0 Å². The minimum Gasteiger partial charge on any atom is -0.507 e. The first-order chi connectivity index (χ1) is 8.39. The zero-order valence-electron chi connectivity index (χ0n) is 9.47. The fraction of sp³-hybridized carbons (Fsp3) is 0.364. The van der Waals surface area contributed by atoms with Crippen LogP contribution in [0.1, 0.15) is 10.4 Å². The van der Waals surface area contributed by atoms with Crippen LogP contribution in [0.4, 0.5) is 0 Å². The SMILES string of the molecule is O=C(c1ccc(I)c(O)c1)N1CCS(=O)(=O)CC1. The molecule has 0 aliphatic carbocycles. The molecule has 1 saturated heterocycles. The molecular formula is C11H12INO4S. The van der Waals surface area contributed by atoms with Crippen LogP contribution in [0.2, 0.25) is 0 Å². The van der Waals surface area contributed by atoms with Crippen LogP contribution in [-0.4, -0.2) is 48.9 Å². The first-order valence-corrected chi connectivity index (χ1v) is 8.27. The molecule has 0 unspecified atom stereocenters. The molecule has 1 aliphatic heterocycles. The van der Waals surface area contributed by atoms with Gasteiger partial charge < -0.3 is 10.0 Å². The van der Waals surface area contributed by atoms with E-state index < -0.39 is 9.84 Å². The maximum absolute atomic E-state index is 12.1. The normalized spacial score (nSPS) is 18.6. The Hall–Kier alpha value is -0.830. The van der Waals surface area contributed by atoms with E-state index in [0.717, 1.165) is 0 Å². The second-order valence-corrected chi connectivity index (χ2v) is 7.58. The molecule has 18 heavy (non-hydrogen) atoms. The lowest BCUT2D eigenvalue weighted by molar-refractivity contribution is 0.0770. The van der Waals surface area contributed by atoms with Gasteiger partial charge in [0.05, 0.1) is 15.1 Å². The van der Waals surface area contributed by atoms with E-state index in [1.807, 2.05) is 22.6 Å². The summed E-state index contributed by atoms with van der Waals surface area (Å²) in [6.45, 7) is 0.432. The van der Waals surface area contributed by atoms with Crippen molar-refractivity contribution in [2.75, 3.05) is 24.6 Å². The van der Waals surface area contributed by atoms with Crippen molar-refractivity contribution in [3.63, 3.8) is 0 Å². The highest BCUT2D eigenvalue weighted by atomic mass is 127. The smallest absolute Gasteiger partial charge is 0.254 e. The Labute approximate surface area is 119 Å². The van der Waals surface area contributed by atoms with E-state index >= 15 is 0 Å². The first-order valence-electron chi connectivity index (χ1n) is 5.37. The molecule has 0 aromatic heterocycles. The van der Waals surface area contributed by atoms with E-state index in [0.29, 0.717) is 9.13 Å². The highest BCUT2D eigenvalue weighted by Gasteiger charge is 2.25. The van der Waals surface area contributed by atoms with Crippen LogP contribution in [0, 0.1) is 3.57 Å². The average Bonchev–Trinajstić information content (AvgIpc) is 2.32. The minimum atomic E-state index is -2.99. The van der Waals surface area contributed by atoms with Gasteiger partial charge in [0, 0.05) is 18.7 Å². The number of sulfone groups is 1. The molecular weight excluding hydrogens is 369 g/mol. The van der Waals surface area contributed by atoms with E-state index in [4.69, 9.17) is 0 Å². The number of nitrogens with zero attached hydrogens (tertiary/aromatic N) is 1. The molecule has 0 bridgehead atoms. The summed E-state index contributed by atoms with van der Waals surface area (Å²) in [4.78, 5) is 13.6. The lowest BCUT2D eigenvalue weighted by Gasteiger charge is -2.26. The Morgan fingerprint density at radius 2 is 1.89 bits per heavy atom. The Balaban J connectivity index is 2.15. The zero-order valence-corrected chi connectivity index (χ0v) is 12.4. The fourth-order valence-electron chi connectivity index (χ4n) is 1.74. The van der Waals surface area contributed by atoms with Crippen molar-refractivity contribution in [3.8, 4) is 5.75 Å². The molecule has 0 saturated carbocycles. The molecule has 7 heteroatoms. The van der Waals surface area contributed by atoms with Crippen LogP contribution in [0.5, 0.6) is 5.75 Å². The number of rotatable bonds is 1. The Morgan fingerprint density at radius 1 is 1.28 bits per heavy atom. The summed E-state index contributed by atoms with van der Waals surface area (Å²) >= 11 is 1.97. The number of phenolic OH excluding ortho intramolecular Hbond substituents is 1. The maximum atomic E-state index is 12.1. The standard InChI is InChI=1S/C11H12INO4S/c12-9-2-1-8(7-10(9)14)11(15)13-3-5-18(16,17)6-4-13/h1-2,7,14H,3-6H2. The topological polar surface area (TPSA) is 74.7 Å². The monoisotopic (exact) mass is 381 g/mol. The molecule has 1 amide bonds. The number of hydrogen-bond acceptors (Lipinski definition) is 4. The summed E-state index contributed by atoms with van der Waals surface area (Å²) in [5, 5.41) is 9.56. The Bertz CT molecular complexity index is 571. The second-order valence-electron chi connectivity index (χ2n) is 4.11. The van der Waals surface area contributed by atoms with Gasteiger partial charge in [-0.15, -0.1) is 0 Å². The molecule has 1 aromatic rings. The number of benzene rings is 1. The van der Waals surface area contributed by atoms with Gasteiger partial charge in [-0.2, -0.15) is 0 Å². The summed E-state index contributed by atoms with van der Waals surface area (Å²) in [7, 11) is -2.99. The van der Waals surface area contributed by atoms with Gasteiger partial charge in [-0.05, 0) is 40.8 Å². The third-order valence-corrected chi connectivity index (χ3v) is 5.35. The summed E-state index contributed by atoms with van der Waals surface area (Å²) in [6.07, 6.45) is 0. The number of carbonyl (C=O) groups excluding carboxylic acids is 1. The molecule has 1 aromatic carbocycles. The molecule has 1 aliphatic rings. The fourth-order valence-corrected chi connectivity index (χ4v) is 3.28. The average molecular weight is 381 g/mol. The van der Waals surface area contributed by atoms with Crippen LogP contribution in [0.25, 0.3) is 0 Å². The van der Waals surface area contributed by atoms with Gasteiger partial charge in [0.15, 0.2) is 9.84 Å². The van der Waals surface area contributed by atoms with Crippen LogP contribution in [0.3, 0.4) is 0 Å². The van der Waals surface area contributed by atoms with Crippen LogP contribution >= 0.6 is 22.6 Å². The van der Waals surface area contributed by atoms with Crippen molar-refractivity contribution in [2.45, 2.75) is 0 Å². The molecule has 5 nitrogen and oxygen atoms in total. The summed E-state index contributed by atoms with van der Waals surface area (Å²) in [6, 6.07) is 4.70. The summed E-state index contributed by atoms with van der Waals surface area (Å²) < 4.78 is 23.2. The van der Waals surface area contributed by atoms with Gasteiger partial charge in [0.25, 0.3) is 5.91 Å². The van der Waals surface area contributed by atoms with Gasteiger partial charge >= 0.3 is 0 Å². The molecule has 98 valence electrons. The number of phenols is 1. The van der Waals surface area contributed by atoms with Crippen LogP contribution in [-0.2, 0) is 9.84 Å². The Morgan fingerprint density at radius 3 is 2.44 bits per heavy atom.